The lowest BCUT2D eigenvalue weighted by atomic mass is 10.4. The molecule has 0 saturated carbocycles. The van der Waals surface area contributed by atoms with Crippen molar-refractivity contribution in [1.29, 1.82) is 0 Å². The van der Waals surface area contributed by atoms with Crippen molar-refractivity contribution in [1.82, 2.24) is 4.57 Å². The van der Waals surface area contributed by atoms with Gasteiger partial charge in [0.25, 0.3) is 0 Å². The van der Waals surface area contributed by atoms with Crippen molar-refractivity contribution >= 4 is 17.6 Å². The number of carbonyl (C=O) groups is 1. The third kappa shape index (κ3) is 4.77. The Bertz CT molecular complexity index is 364. The van der Waals surface area contributed by atoms with Crippen LogP contribution in [0.1, 0.15) is 16.9 Å². The summed E-state index contributed by atoms with van der Waals surface area (Å²) < 4.78 is 11.7. The molecule has 1 N–H and O–H groups in total. The number of carboxylic acids is 1. The Kier molecular flexibility index (Phi) is 6.04. The summed E-state index contributed by atoms with van der Waals surface area (Å²) in [7, 11) is 1.62. The second kappa shape index (κ2) is 7.32. The van der Waals surface area contributed by atoms with Crippen molar-refractivity contribution in [2.45, 2.75) is 13.0 Å². The van der Waals surface area contributed by atoms with E-state index in [1.807, 2.05) is 0 Å². The molecule has 96 valence electrons. The fourth-order valence-corrected chi connectivity index (χ4v) is 1.64. The number of aryl methyl sites for hydroxylation is 1. The lowest BCUT2D eigenvalue weighted by Crippen LogP contribution is -2.10. The standard InChI is InChI=1S/C11H16ClNO4/c1-16-5-6-17-4-2-3-13-8-9(12)7-10(13)11(14)15/h7-8H,2-6H2,1H3,(H,14,15). The van der Waals surface area contributed by atoms with E-state index in [2.05, 4.69) is 0 Å². The number of halogens is 1. The van der Waals surface area contributed by atoms with Gasteiger partial charge in [0.2, 0.25) is 0 Å². The molecule has 6 heteroatoms. The summed E-state index contributed by atoms with van der Waals surface area (Å²) in [5, 5.41) is 9.36. The molecule has 0 aliphatic heterocycles. The first-order valence-electron chi connectivity index (χ1n) is 5.31. The van der Waals surface area contributed by atoms with Crippen molar-refractivity contribution in [2.75, 3.05) is 26.9 Å². The highest BCUT2D eigenvalue weighted by Gasteiger charge is 2.10. The van der Waals surface area contributed by atoms with Crippen LogP contribution in [-0.4, -0.2) is 42.6 Å². The molecule has 0 saturated heterocycles. The third-order valence-electron chi connectivity index (χ3n) is 2.20. The minimum Gasteiger partial charge on any atom is -0.477 e. The zero-order valence-electron chi connectivity index (χ0n) is 9.69. The number of nitrogens with zero attached hydrogens (tertiary/aromatic N) is 1. The molecule has 0 unspecified atom stereocenters. The first-order valence-corrected chi connectivity index (χ1v) is 5.68. The molecular formula is C11H16ClNO4. The van der Waals surface area contributed by atoms with Gasteiger partial charge in [0.1, 0.15) is 5.69 Å². The van der Waals surface area contributed by atoms with Crippen molar-refractivity contribution in [2.24, 2.45) is 0 Å². The smallest absolute Gasteiger partial charge is 0.352 e. The first-order chi connectivity index (χ1) is 8.15. The molecule has 0 aliphatic rings. The molecular weight excluding hydrogens is 246 g/mol. The van der Waals surface area contributed by atoms with E-state index in [1.165, 1.54) is 6.07 Å². The second-order valence-corrected chi connectivity index (χ2v) is 3.94. The zero-order chi connectivity index (χ0) is 12.7. The molecule has 1 aromatic heterocycles. The summed E-state index contributed by atoms with van der Waals surface area (Å²) in [6, 6.07) is 1.44. The number of aromatic carboxylic acids is 1. The molecule has 0 fully saturated rings. The highest BCUT2D eigenvalue weighted by Crippen LogP contribution is 2.14. The van der Waals surface area contributed by atoms with Crippen molar-refractivity contribution in [3.8, 4) is 0 Å². The summed E-state index contributed by atoms with van der Waals surface area (Å²) in [4.78, 5) is 10.9. The van der Waals surface area contributed by atoms with E-state index >= 15 is 0 Å². The number of rotatable bonds is 8. The predicted molar refractivity (Wildman–Crippen MR) is 63.7 cm³/mol. The monoisotopic (exact) mass is 261 g/mol. The van der Waals surface area contributed by atoms with Gasteiger partial charge in [0, 0.05) is 26.5 Å². The summed E-state index contributed by atoms with van der Waals surface area (Å²) in [6.07, 6.45) is 2.34. The molecule has 0 amide bonds. The van der Waals surface area contributed by atoms with Gasteiger partial charge in [-0.3, -0.25) is 0 Å². The van der Waals surface area contributed by atoms with Gasteiger partial charge in [-0.1, -0.05) is 11.6 Å². The molecule has 1 heterocycles. The minimum atomic E-state index is -0.975. The van der Waals surface area contributed by atoms with E-state index in [9.17, 15) is 4.79 Å². The van der Waals surface area contributed by atoms with Gasteiger partial charge in [-0.25, -0.2) is 4.79 Å². The van der Waals surface area contributed by atoms with Crippen LogP contribution in [0.4, 0.5) is 0 Å². The Hall–Kier alpha value is -1.04. The Morgan fingerprint density at radius 1 is 1.47 bits per heavy atom. The molecule has 0 aliphatic carbocycles. The van der Waals surface area contributed by atoms with Crippen LogP contribution < -0.4 is 0 Å². The van der Waals surface area contributed by atoms with Crippen molar-refractivity contribution < 1.29 is 19.4 Å². The van der Waals surface area contributed by atoms with E-state index in [4.69, 9.17) is 26.2 Å². The maximum absolute atomic E-state index is 10.9. The van der Waals surface area contributed by atoms with E-state index in [-0.39, 0.29) is 5.69 Å². The van der Waals surface area contributed by atoms with Crippen molar-refractivity contribution in [3.63, 3.8) is 0 Å². The SMILES string of the molecule is COCCOCCCn1cc(Cl)cc1C(=O)O. The number of hydrogen-bond acceptors (Lipinski definition) is 3. The number of ether oxygens (including phenoxy) is 2. The zero-order valence-corrected chi connectivity index (χ0v) is 10.4. The third-order valence-corrected chi connectivity index (χ3v) is 2.41. The number of carboxylic acid groups (broad SMARTS) is 1. The molecule has 1 aromatic rings. The van der Waals surface area contributed by atoms with Gasteiger partial charge < -0.3 is 19.1 Å². The lowest BCUT2D eigenvalue weighted by Gasteiger charge is -2.06. The average molecular weight is 262 g/mol. The molecule has 5 nitrogen and oxygen atoms in total. The molecule has 0 atom stereocenters. The van der Waals surface area contributed by atoms with Gasteiger partial charge in [-0.2, -0.15) is 0 Å². The first kappa shape index (κ1) is 14.0. The lowest BCUT2D eigenvalue weighted by molar-refractivity contribution is 0.0657. The van der Waals surface area contributed by atoms with Crippen LogP contribution in [0.5, 0.6) is 0 Å². The molecule has 0 radical (unpaired) electrons. The highest BCUT2D eigenvalue weighted by molar-refractivity contribution is 6.30. The van der Waals surface area contributed by atoms with Crippen LogP contribution in [-0.2, 0) is 16.0 Å². The van der Waals surface area contributed by atoms with E-state index in [0.29, 0.717) is 31.4 Å². The summed E-state index contributed by atoms with van der Waals surface area (Å²) in [5.74, 6) is -0.975. The van der Waals surface area contributed by atoms with Crippen LogP contribution in [0.25, 0.3) is 0 Å². The quantitative estimate of drug-likeness (QED) is 0.726. The van der Waals surface area contributed by atoms with Crippen LogP contribution in [0, 0.1) is 0 Å². The number of hydrogen-bond donors (Lipinski definition) is 1. The van der Waals surface area contributed by atoms with Crippen LogP contribution in [0.15, 0.2) is 12.3 Å². The second-order valence-electron chi connectivity index (χ2n) is 3.50. The Balaban J connectivity index is 2.33. The van der Waals surface area contributed by atoms with Gasteiger partial charge in [-0.15, -0.1) is 0 Å². The Labute approximate surface area is 105 Å². The van der Waals surface area contributed by atoms with E-state index in [0.717, 1.165) is 6.42 Å². The average Bonchev–Trinajstić information content (AvgIpc) is 2.65. The van der Waals surface area contributed by atoms with E-state index < -0.39 is 5.97 Å². The van der Waals surface area contributed by atoms with Crippen LogP contribution >= 0.6 is 11.6 Å². The summed E-state index contributed by atoms with van der Waals surface area (Å²) in [5.41, 5.74) is 0.201. The summed E-state index contributed by atoms with van der Waals surface area (Å²) in [6.45, 7) is 2.25. The predicted octanol–water partition coefficient (Wildman–Crippen LogP) is 1.89. The molecule has 1 rings (SSSR count). The number of methoxy groups -OCH3 is 1. The highest BCUT2D eigenvalue weighted by atomic mass is 35.5. The normalized spacial score (nSPS) is 10.7. The fourth-order valence-electron chi connectivity index (χ4n) is 1.42. The largest absolute Gasteiger partial charge is 0.477 e. The Morgan fingerprint density at radius 3 is 2.88 bits per heavy atom. The Morgan fingerprint density at radius 2 is 2.24 bits per heavy atom. The van der Waals surface area contributed by atoms with Gasteiger partial charge >= 0.3 is 5.97 Å². The van der Waals surface area contributed by atoms with Crippen molar-refractivity contribution in [3.05, 3.63) is 23.0 Å². The van der Waals surface area contributed by atoms with Crippen LogP contribution in [0.3, 0.4) is 0 Å². The topological polar surface area (TPSA) is 60.7 Å². The molecule has 17 heavy (non-hydrogen) atoms. The maximum atomic E-state index is 10.9. The summed E-state index contributed by atoms with van der Waals surface area (Å²) >= 11 is 5.76. The van der Waals surface area contributed by atoms with E-state index in [1.54, 1.807) is 17.9 Å². The van der Waals surface area contributed by atoms with Gasteiger partial charge in [0.05, 0.1) is 18.2 Å². The fraction of sp³-hybridized carbons (Fsp3) is 0.545. The molecule has 0 aromatic carbocycles. The van der Waals surface area contributed by atoms with Gasteiger partial charge in [0.15, 0.2) is 0 Å². The van der Waals surface area contributed by atoms with Crippen LogP contribution in [0.2, 0.25) is 5.02 Å². The maximum Gasteiger partial charge on any atom is 0.352 e. The van der Waals surface area contributed by atoms with Gasteiger partial charge in [-0.05, 0) is 12.5 Å². The molecule has 0 spiro atoms. The number of aromatic nitrogens is 1. The minimum absolute atomic E-state index is 0.201. The molecule has 0 bridgehead atoms.